The van der Waals surface area contributed by atoms with Crippen molar-refractivity contribution >= 4 is 0 Å². The fourth-order valence-corrected chi connectivity index (χ4v) is 4.03. The maximum Gasteiger partial charge on any atom is 0.127 e. The number of aliphatic hydroxyl groups excluding tert-OH is 1. The second-order valence-corrected chi connectivity index (χ2v) is 7.54. The lowest BCUT2D eigenvalue weighted by Gasteiger charge is -2.41. The molecule has 29 heavy (non-hydrogen) atoms. The minimum absolute atomic E-state index is 0.132. The molecule has 1 heterocycles. The van der Waals surface area contributed by atoms with Gasteiger partial charge in [-0.05, 0) is 30.2 Å². The van der Waals surface area contributed by atoms with Gasteiger partial charge < -0.3 is 14.6 Å². The van der Waals surface area contributed by atoms with E-state index in [-0.39, 0.29) is 18.5 Å². The van der Waals surface area contributed by atoms with Crippen LogP contribution in [0.2, 0.25) is 0 Å². The van der Waals surface area contributed by atoms with Crippen molar-refractivity contribution in [3.8, 4) is 5.75 Å². The largest absolute Gasteiger partial charge is 0.496 e. The van der Waals surface area contributed by atoms with Crippen molar-refractivity contribution in [1.29, 1.82) is 0 Å². The van der Waals surface area contributed by atoms with E-state index in [1.165, 1.54) is 11.6 Å². The van der Waals surface area contributed by atoms with Crippen molar-refractivity contribution in [3.63, 3.8) is 0 Å². The van der Waals surface area contributed by atoms with Crippen LogP contribution in [0.5, 0.6) is 5.75 Å². The monoisotopic (exact) mass is 402 g/mol. The second-order valence-electron chi connectivity index (χ2n) is 7.54. The highest BCUT2D eigenvalue weighted by atomic mass is 19.1. The Morgan fingerprint density at radius 3 is 2.62 bits per heavy atom. The summed E-state index contributed by atoms with van der Waals surface area (Å²) in [5.41, 5.74) is 2.96. The van der Waals surface area contributed by atoms with E-state index in [0.29, 0.717) is 25.1 Å². The quantitative estimate of drug-likeness (QED) is 0.699. The van der Waals surface area contributed by atoms with Crippen LogP contribution in [0.4, 0.5) is 4.39 Å². The Hall–Kier alpha value is -1.99. The summed E-state index contributed by atoms with van der Waals surface area (Å²) in [6, 6.07) is 13.3. The summed E-state index contributed by atoms with van der Waals surface area (Å²) < 4.78 is 24.8. The van der Waals surface area contributed by atoms with E-state index in [9.17, 15) is 9.50 Å². The number of halogens is 1. The van der Waals surface area contributed by atoms with Crippen molar-refractivity contribution < 1.29 is 19.0 Å². The summed E-state index contributed by atoms with van der Waals surface area (Å²) in [6.45, 7) is 4.65. The fraction of sp³-hybridized carbons (Fsp3) is 0.478. The van der Waals surface area contributed by atoms with Gasteiger partial charge in [0.1, 0.15) is 11.6 Å². The van der Waals surface area contributed by atoms with Gasteiger partial charge in [-0.15, -0.1) is 0 Å². The Balaban J connectivity index is 1.66. The van der Waals surface area contributed by atoms with E-state index in [2.05, 4.69) is 21.9 Å². The third-order valence-corrected chi connectivity index (χ3v) is 5.53. The van der Waals surface area contributed by atoms with Crippen molar-refractivity contribution in [1.82, 2.24) is 9.80 Å². The molecular weight excluding hydrogens is 371 g/mol. The van der Waals surface area contributed by atoms with Gasteiger partial charge in [0, 0.05) is 63.6 Å². The summed E-state index contributed by atoms with van der Waals surface area (Å²) in [6.07, 6.45) is 0.683. The van der Waals surface area contributed by atoms with E-state index in [1.807, 2.05) is 18.2 Å². The molecule has 6 heteroatoms. The second kappa shape index (κ2) is 10.7. The Morgan fingerprint density at radius 2 is 1.90 bits per heavy atom. The normalized spacial score (nSPS) is 18.1. The average Bonchev–Trinajstić information content (AvgIpc) is 2.72. The van der Waals surface area contributed by atoms with Crippen molar-refractivity contribution in [3.05, 3.63) is 65.0 Å². The van der Waals surface area contributed by atoms with Gasteiger partial charge >= 0.3 is 0 Å². The average molecular weight is 403 g/mol. The first-order valence-corrected chi connectivity index (χ1v) is 10.1. The molecule has 1 aliphatic heterocycles. The zero-order chi connectivity index (χ0) is 20.6. The van der Waals surface area contributed by atoms with Gasteiger partial charge in [0.2, 0.25) is 0 Å². The molecule has 2 aromatic carbocycles. The van der Waals surface area contributed by atoms with E-state index >= 15 is 0 Å². The van der Waals surface area contributed by atoms with Crippen LogP contribution in [0, 0.1) is 5.82 Å². The van der Waals surface area contributed by atoms with Crippen molar-refractivity contribution in [2.75, 3.05) is 40.5 Å². The summed E-state index contributed by atoms with van der Waals surface area (Å²) >= 11 is 0. The smallest absolute Gasteiger partial charge is 0.127 e. The van der Waals surface area contributed by atoms with Crippen LogP contribution in [-0.4, -0.2) is 61.4 Å². The molecule has 3 rings (SSSR count). The highest BCUT2D eigenvalue weighted by Gasteiger charge is 2.27. The number of ether oxygens (including phenoxy) is 2. The number of rotatable bonds is 9. The number of hydrogen-bond acceptors (Lipinski definition) is 5. The van der Waals surface area contributed by atoms with E-state index in [1.54, 1.807) is 20.3 Å². The van der Waals surface area contributed by atoms with Gasteiger partial charge in [0.25, 0.3) is 0 Å². The predicted molar refractivity (Wildman–Crippen MR) is 111 cm³/mol. The number of piperazine rings is 1. The molecule has 158 valence electrons. The Kier molecular flexibility index (Phi) is 8.00. The fourth-order valence-electron chi connectivity index (χ4n) is 4.03. The molecule has 1 aliphatic rings. The molecular formula is C23H31FN2O3. The molecule has 0 spiro atoms. The SMILES string of the molecule is COCc1cc(CN2CCN(Cc3ccccc3F)C(CCO)C2)ccc1OC. The van der Waals surface area contributed by atoms with Crippen LogP contribution < -0.4 is 4.74 Å². The minimum Gasteiger partial charge on any atom is -0.496 e. The van der Waals surface area contributed by atoms with Gasteiger partial charge in [-0.1, -0.05) is 24.3 Å². The number of hydrogen-bond donors (Lipinski definition) is 1. The van der Waals surface area contributed by atoms with Crippen LogP contribution in [-0.2, 0) is 24.4 Å². The summed E-state index contributed by atoms with van der Waals surface area (Å²) in [7, 11) is 3.35. The molecule has 1 saturated heterocycles. The lowest BCUT2D eigenvalue weighted by atomic mass is 10.0. The molecule has 0 aromatic heterocycles. The molecule has 0 saturated carbocycles. The van der Waals surface area contributed by atoms with Gasteiger partial charge in [-0.2, -0.15) is 0 Å². The minimum atomic E-state index is -0.165. The summed E-state index contributed by atoms with van der Waals surface area (Å²) in [4.78, 5) is 4.69. The first-order chi connectivity index (χ1) is 14.1. The summed E-state index contributed by atoms with van der Waals surface area (Å²) in [5.74, 6) is 0.671. The number of aliphatic hydroxyl groups is 1. The lowest BCUT2D eigenvalue weighted by molar-refractivity contribution is 0.0492. The molecule has 2 aromatic rings. The van der Waals surface area contributed by atoms with Crippen molar-refractivity contribution in [2.45, 2.75) is 32.2 Å². The summed E-state index contributed by atoms with van der Waals surface area (Å²) in [5, 5.41) is 9.54. The van der Waals surface area contributed by atoms with Gasteiger partial charge in [-0.3, -0.25) is 9.80 Å². The molecule has 1 fully saturated rings. The molecule has 0 amide bonds. The molecule has 1 N–H and O–H groups in total. The highest BCUT2D eigenvalue weighted by molar-refractivity contribution is 5.37. The van der Waals surface area contributed by atoms with Crippen LogP contribution in [0.3, 0.4) is 0 Å². The van der Waals surface area contributed by atoms with E-state index in [4.69, 9.17) is 9.47 Å². The standard InChI is InChI=1S/C23H31FN2O3/c1-28-17-20-13-18(7-8-23(20)29-2)14-25-10-11-26(21(16-25)9-12-27)15-19-5-3-4-6-22(19)24/h3-8,13,21,27H,9-12,14-17H2,1-2H3. The van der Waals surface area contributed by atoms with E-state index in [0.717, 1.165) is 37.5 Å². The maximum atomic E-state index is 14.1. The molecule has 0 radical (unpaired) electrons. The Labute approximate surface area is 172 Å². The third-order valence-electron chi connectivity index (χ3n) is 5.53. The number of methoxy groups -OCH3 is 2. The van der Waals surface area contributed by atoms with Gasteiger partial charge in [0.15, 0.2) is 0 Å². The van der Waals surface area contributed by atoms with Crippen molar-refractivity contribution in [2.24, 2.45) is 0 Å². The van der Waals surface area contributed by atoms with Gasteiger partial charge in [-0.25, -0.2) is 4.39 Å². The number of nitrogens with zero attached hydrogens (tertiary/aromatic N) is 2. The zero-order valence-electron chi connectivity index (χ0n) is 17.3. The molecule has 0 aliphatic carbocycles. The number of benzene rings is 2. The van der Waals surface area contributed by atoms with E-state index < -0.39 is 0 Å². The van der Waals surface area contributed by atoms with Crippen LogP contribution in [0.15, 0.2) is 42.5 Å². The lowest BCUT2D eigenvalue weighted by Crippen LogP contribution is -2.52. The van der Waals surface area contributed by atoms with Gasteiger partial charge in [0.05, 0.1) is 13.7 Å². The molecule has 0 bridgehead atoms. The highest BCUT2D eigenvalue weighted by Crippen LogP contribution is 2.23. The maximum absolute atomic E-state index is 14.1. The first-order valence-electron chi connectivity index (χ1n) is 10.1. The topological polar surface area (TPSA) is 45.2 Å². The predicted octanol–water partition coefficient (Wildman–Crippen LogP) is 3.05. The van der Waals surface area contributed by atoms with Crippen LogP contribution >= 0.6 is 0 Å². The molecule has 1 atom stereocenters. The first kappa shape index (κ1) is 21.7. The molecule has 5 nitrogen and oxygen atoms in total. The third kappa shape index (κ3) is 5.76. The Bertz CT molecular complexity index is 786. The molecule has 1 unspecified atom stereocenters. The zero-order valence-corrected chi connectivity index (χ0v) is 17.3. The van der Waals surface area contributed by atoms with Crippen LogP contribution in [0.1, 0.15) is 23.1 Å². The van der Waals surface area contributed by atoms with Crippen LogP contribution in [0.25, 0.3) is 0 Å². The Morgan fingerprint density at radius 1 is 1.07 bits per heavy atom.